The van der Waals surface area contributed by atoms with Gasteiger partial charge in [-0.05, 0) is 24.7 Å². The number of hydrogen-bond donors (Lipinski definition) is 0. The van der Waals surface area contributed by atoms with Gasteiger partial charge in [-0.1, -0.05) is 51.4 Å². The molecule has 0 heterocycles. The van der Waals surface area contributed by atoms with Crippen molar-refractivity contribution in [2.75, 3.05) is 0 Å². The molecule has 162 valence electrons. The van der Waals surface area contributed by atoms with Crippen molar-refractivity contribution in [1.82, 2.24) is 0 Å². The van der Waals surface area contributed by atoms with Crippen molar-refractivity contribution in [3.63, 3.8) is 0 Å². The van der Waals surface area contributed by atoms with Crippen LogP contribution in [0.3, 0.4) is 0 Å². The van der Waals surface area contributed by atoms with Crippen LogP contribution in [0.4, 0.5) is 0 Å². The van der Waals surface area contributed by atoms with Crippen LogP contribution in [0.2, 0.25) is 0 Å². The van der Waals surface area contributed by atoms with Crippen LogP contribution in [0.25, 0.3) is 0 Å². The van der Waals surface area contributed by atoms with Crippen molar-refractivity contribution in [3.05, 3.63) is 75.3 Å². The van der Waals surface area contributed by atoms with E-state index < -0.39 is 0 Å². The maximum atomic E-state index is 2.47. The Morgan fingerprint density at radius 1 is 0.821 bits per heavy atom. The first kappa shape index (κ1) is 33.3. The van der Waals surface area contributed by atoms with Gasteiger partial charge in [0.2, 0.25) is 0 Å². The zero-order valence-corrected chi connectivity index (χ0v) is 25.3. The van der Waals surface area contributed by atoms with Crippen LogP contribution in [0.5, 0.6) is 0 Å². The molecule has 0 saturated heterocycles. The number of halogens is 2. The van der Waals surface area contributed by atoms with Crippen molar-refractivity contribution < 1.29 is 21.6 Å². The molecular weight excluding hydrogens is 523 g/mol. The normalized spacial score (nSPS) is 27.2. The molecule has 0 aromatic rings. The molecule has 4 rings (SSSR count). The van der Waals surface area contributed by atoms with Crippen molar-refractivity contribution >= 4 is 37.0 Å². The molecule has 0 radical (unpaired) electrons. The van der Waals surface area contributed by atoms with Gasteiger partial charge in [0.15, 0.2) is 0 Å². The van der Waals surface area contributed by atoms with Gasteiger partial charge in [-0.3, -0.25) is 0 Å². The molecule has 0 nitrogen and oxygen atoms in total. The summed E-state index contributed by atoms with van der Waals surface area (Å²) in [5.41, 5.74) is 3.19. The van der Waals surface area contributed by atoms with E-state index in [1.807, 2.05) is 0 Å². The van der Waals surface area contributed by atoms with E-state index in [-0.39, 0.29) is 39.7 Å². The molecule has 4 heteroatoms. The van der Waals surface area contributed by atoms with Crippen LogP contribution in [0.1, 0.15) is 52.4 Å². The molecule has 0 N–H and O–H groups in total. The van der Waals surface area contributed by atoms with Crippen LogP contribution in [-0.4, -0.2) is 12.1 Å². The van der Waals surface area contributed by atoms with E-state index in [4.69, 9.17) is 0 Å². The van der Waals surface area contributed by atoms with Crippen LogP contribution in [-0.2, 0) is 21.6 Å². The minimum atomic E-state index is 0. The first-order valence-electron chi connectivity index (χ1n) is 9.58. The monoisotopic (exact) mass is 562 g/mol. The molecule has 28 heavy (non-hydrogen) atoms. The number of allylic oxidation sites excluding steroid dienone is 8. The third kappa shape index (κ3) is 9.68. The molecule has 0 bridgehead atoms. The zero-order valence-electron chi connectivity index (χ0n) is 18.2. The topological polar surface area (TPSA) is 0 Å². The summed E-state index contributed by atoms with van der Waals surface area (Å²) in [7, 11) is 0. The Morgan fingerprint density at radius 3 is 1.46 bits per heavy atom. The Bertz CT molecular complexity index is 479. The summed E-state index contributed by atoms with van der Waals surface area (Å²) in [4.78, 5) is 0. The summed E-state index contributed by atoms with van der Waals surface area (Å²) >= 11 is 3.14. The molecule has 4 aliphatic carbocycles. The first-order chi connectivity index (χ1) is 11.8. The summed E-state index contributed by atoms with van der Waals surface area (Å²) < 4.78 is 0. The summed E-state index contributed by atoms with van der Waals surface area (Å²) in [6.45, 7) is 4.57. The Morgan fingerprint density at radius 2 is 1.18 bits per heavy atom. The van der Waals surface area contributed by atoms with Gasteiger partial charge in [0, 0.05) is 0 Å². The second-order valence-electron chi connectivity index (χ2n) is 7.20. The molecule has 2 saturated carbocycles. The van der Waals surface area contributed by atoms with Gasteiger partial charge in [-0.2, -0.15) is 0 Å². The van der Waals surface area contributed by atoms with Gasteiger partial charge < -0.3 is 14.9 Å². The molecule has 0 aliphatic heterocycles. The molecule has 4 aliphatic rings. The summed E-state index contributed by atoms with van der Waals surface area (Å²) in [6, 6.07) is 0. The van der Waals surface area contributed by atoms with Crippen molar-refractivity contribution in [3.8, 4) is 0 Å². The average Bonchev–Trinajstić information content (AvgIpc) is 3.27. The quantitative estimate of drug-likeness (QED) is 0.249. The summed E-state index contributed by atoms with van der Waals surface area (Å²) in [5.74, 6) is 3.46. The molecule has 0 spiro atoms. The predicted octanol–water partition coefficient (Wildman–Crippen LogP) is 7.07. The van der Waals surface area contributed by atoms with Crippen LogP contribution in [0, 0.1) is 51.4 Å². The second kappa shape index (κ2) is 18.5. The van der Waals surface area contributed by atoms with Gasteiger partial charge >= 0.3 is 33.7 Å². The Kier molecular flexibility index (Phi) is 22.0. The third-order valence-corrected chi connectivity index (χ3v) is 5.71. The van der Waals surface area contributed by atoms with Crippen molar-refractivity contribution in [2.24, 2.45) is 23.7 Å². The third-order valence-electron chi connectivity index (χ3n) is 5.71. The fraction of sp³-hybridized carbons (Fsp3) is 0.500. The zero-order chi connectivity index (χ0) is 17.4. The molecule has 0 aromatic carbocycles. The van der Waals surface area contributed by atoms with E-state index >= 15 is 0 Å². The predicted molar refractivity (Wildman–Crippen MR) is 132 cm³/mol. The van der Waals surface area contributed by atoms with E-state index in [1.54, 1.807) is 32.7 Å². The molecule has 0 aromatic heterocycles. The average molecular weight is 563 g/mol. The second-order valence-corrected chi connectivity index (χ2v) is 7.20. The van der Waals surface area contributed by atoms with Crippen LogP contribution < -0.4 is 0 Å². The van der Waals surface area contributed by atoms with Crippen LogP contribution in [0.15, 0.2) is 47.6 Å². The molecule has 0 amide bonds. The van der Waals surface area contributed by atoms with Gasteiger partial charge in [-0.25, -0.2) is 36.1 Å². The van der Waals surface area contributed by atoms with Gasteiger partial charge in [-0.15, -0.1) is 49.1 Å². The van der Waals surface area contributed by atoms with Crippen LogP contribution >= 0.6 is 24.8 Å². The molecule has 2 fully saturated rings. The Hall–Kier alpha value is 0.706. The van der Waals surface area contributed by atoms with E-state index in [9.17, 15) is 0 Å². The standard InChI is InChI=1S/2C11H15.2CH3.2ClH.GeH2.Zr/c2*1-2-9-7-10-5-3-4-6-11(10)8-9;;;;;;/h2*3-5,7,9,11H,2,6,8H2,1H3;2*1H3;2*1H;1H2;/q4*-1;;;;. The van der Waals surface area contributed by atoms with E-state index in [2.05, 4.69) is 63.1 Å². The number of rotatable bonds is 2. The fourth-order valence-corrected chi connectivity index (χ4v) is 4.22. The Labute approximate surface area is 208 Å². The number of fused-ring (bicyclic) bond motifs is 2. The first-order valence-corrected chi connectivity index (χ1v) is 20.1. The van der Waals surface area contributed by atoms with E-state index in [0.717, 1.165) is 23.7 Å². The van der Waals surface area contributed by atoms with Gasteiger partial charge in [0.25, 0.3) is 0 Å². The number of hydrogen-bond acceptors (Lipinski definition) is 0. The minimum absolute atomic E-state index is 0. The van der Waals surface area contributed by atoms with Crippen molar-refractivity contribution in [2.45, 2.75) is 52.4 Å². The molecule has 4 unspecified atom stereocenters. The SMILES string of the molecule is CCC1[CH-]C2=CC=CCC2C1.CCC1[CH-]C2=CC=CCC2C1.Cl.Cl.[CH3-].[CH3-].[GeH2]=[Zr]. The molecular formula is C24H40Cl2GeZr-4. The summed E-state index contributed by atoms with van der Waals surface area (Å²) in [6.07, 6.45) is 26.4. The van der Waals surface area contributed by atoms with Gasteiger partial charge in [0.1, 0.15) is 0 Å². The molecule has 4 atom stereocenters. The maximum absolute atomic E-state index is 2.47. The fourth-order valence-electron chi connectivity index (χ4n) is 4.22. The van der Waals surface area contributed by atoms with E-state index in [1.165, 1.54) is 50.7 Å². The Balaban J connectivity index is -0.000000363. The van der Waals surface area contributed by atoms with E-state index in [0.29, 0.717) is 0 Å². The van der Waals surface area contributed by atoms with Crippen molar-refractivity contribution in [1.29, 1.82) is 0 Å². The van der Waals surface area contributed by atoms with Gasteiger partial charge in [0.05, 0.1) is 0 Å². The summed E-state index contributed by atoms with van der Waals surface area (Å²) in [5, 5.41) is 0.